The van der Waals surface area contributed by atoms with E-state index < -0.39 is 0 Å². The SMILES string of the molecule is COCC(C)CC(=O)C1CCC(C)CC1. The van der Waals surface area contributed by atoms with Gasteiger partial charge in [-0.05, 0) is 24.7 Å². The highest BCUT2D eigenvalue weighted by Crippen LogP contribution is 2.30. The van der Waals surface area contributed by atoms with Crippen LogP contribution in [0.25, 0.3) is 0 Å². The number of methoxy groups -OCH3 is 1. The topological polar surface area (TPSA) is 26.3 Å². The molecule has 0 aromatic heterocycles. The normalized spacial score (nSPS) is 28.7. The Kier molecular flexibility index (Phi) is 5.30. The number of hydrogen-bond donors (Lipinski definition) is 0. The van der Waals surface area contributed by atoms with Gasteiger partial charge in [0.25, 0.3) is 0 Å². The Morgan fingerprint density at radius 3 is 2.47 bits per heavy atom. The van der Waals surface area contributed by atoms with Crippen molar-refractivity contribution in [2.24, 2.45) is 17.8 Å². The van der Waals surface area contributed by atoms with E-state index in [1.807, 2.05) is 0 Å². The van der Waals surface area contributed by atoms with Gasteiger partial charge < -0.3 is 4.74 Å². The summed E-state index contributed by atoms with van der Waals surface area (Å²) in [5, 5.41) is 0. The van der Waals surface area contributed by atoms with Crippen LogP contribution in [0.15, 0.2) is 0 Å². The van der Waals surface area contributed by atoms with Gasteiger partial charge in [0.1, 0.15) is 5.78 Å². The fraction of sp³-hybridized carbons (Fsp3) is 0.923. The van der Waals surface area contributed by atoms with E-state index in [0.717, 1.165) is 18.8 Å². The molecule has 0 aliphatic heterocycles. The fourth-order valence-corrected chi connectivity index (χ4v) is 2.44. The number of rotatable bonds is 5. The Bertz CT molecular complexity index is 193. The lowest BCUT2D eigenvalue weighted by atomic mass is 9.79. The molecular formula is C13H24O2. The first-order valence-corrected chi connectivity index (χ1v) is 6.15. The monoisotopic (exact) mass is 212 g/mol. The van der Waals surface area contributed by atoms with Crippen molar-refractivity contribution >= 4 is 5.78 Å². The Morgan fingerprint density at radius 1 is 1.33 bits per heavy atom. The predicted molar refractivity (Wildman–Crippen MR) is 61.8 cm³/mol. The molecule has 0 bridgehead atoms. The summed E-state index contributed by atoms with van der Waals surface area (Å²) in [6.07, 6.45) is 5.39. The van der Waals surface area contributed by atoms with E-state index in [4.69, 9.17) is 4.74 Å². The van der Waals surface area contributed by atoms with E-state index in [-0.39, 0.29) is 0 Å². The van der Waals surface area contributed by atoms with Crippen LogP contribution < -0.4 is 0 Å². The van der Waals surface area contributed by atoms with Crippen molar-refractivity contribution in [3.05, 3.63) is 0 Å². The minimum atomic E-state index is 0.348. The lowest BCUT2D eigenvalue weighted by Crippen LogP contribution is -2.23. The Balaban J connectivity index is 2.27. The number of ketones is 1. The van der Waals surface area contributed by atoms with Crippen molar-refractivity contribution in [1.29, 1.82) is 0 Å². The van der Waals surface area contributed by atoms with Gasteiger partial charge in [-0.25, -0.2) is 0 Å². The van der Waals surface area contributed by atoms with E-state index in [1.165, 1.54) is 12.8 Å². The molecule has 0 heterocycles. The second kappa shape index (κ2) is 6.26. The van der Waals surface area contributed by atoms with E-state index in [1.54, 1.807) is 7.11 Å². The average Bonchev–Trinajstić information content (AvgIpc) is 2.18. The largest absolute Gasteiger partial charge is 0.384 e. The standard InChI is InChI=1S/C13H24O2/c1-10-4-6-12(7-5-10)13(14)8-11(2)9-15-3/h10-12H,4-9H2,1-3H3. The first-order chi connectivity index (χ1) is 7.13. The van der Waals surface area contributed by atoms with Crippen LogP contribution >= 0.6 is 0 Å². The third-order valence-corrected chi connectivity index (χ3v) is 3.47. The maximum absolute atomic E-state index is 11.9. The number of hydrogen-bond acceptors (Lipinski definition) is 2. The molecule has 1 rings (SSSR count). The first-order valence-electron chi connectivity index (χ1n) is 6.15. The van der Waals surface area contributed by atoms with Crippen molar-refractivity contribution in [2.75, 3.05) is 13.7 Å². The second-order valence-electron chi connectivity index (χ2n) is 5.19. The third kappa shape index (κ3) is 4.33. The molecule has 2 heteroatoms. The van der Waals surface area contributed by atoms with Gasteiger partial charge in [-0.15, -0.1) is 0 Å². The minimum absolute atomic E-state index is 0.348. The van der Waals surface area contributed by atoms with Crippen molar-refractivity contribution in [1.82, 2.24) is 0 Å². The molecule has 0 saturated heterocycles. The van der Waals surface area contributed by atoms with Gasteiger partial charge in [-0.1, -0.05) is 26.7 Å². The molecule has 1 unspecified atom stereocenters. The zero-order valence-corrected chi connectivity index (χ0v) is 10.3. The molecule has 0 spiro atoms. The van der Waals surface area contributed by atoms with Crippen LogP contribution in [0.1, 0.15) is 46.0 Å². The fourth-order valence-electron chi connectivity index (χ4n) is 2.44. The van der Waals surface area contributed by atoms with Crippen LogP contribution in [0.2, 0.25) is 0 Å². The summed E-state index contributed by atoms with van der Waals surface area (Å²) >= 11 is 0. The highest BCUT2D eigenvalue weighted by molar-refractivity contribution is 5.81. The second-order valence-corrected chi connectivity index (χ2v) is 5.19. The van der Waals surface area contributed by atoms with E-state index in [2.05, 4.69) is 13.8 Å². The van der Waals surface area contributed by atoms with Crippen molar-refractivity contribution in [3.8, 4) is 0 Å². The highest BCUT2D eigenvalue weighted by atomic mass is 16.5. The van der Waals surface area contributed by atoms with Gasteiger partial charge in [-0.3, -0.25) is 4.79 Å². The van der Waals surface area contributed by atoms with Gasteiger partial charge >= 0.3 is 0 Å². The number of ether oxygens (including phenoxy) is 1. The highest BCUT2D eigenvalue weighted by Gasteiger charge is 2.24. The molecule has 0 aromatic carbocycles. The molecule has 0 radical (unpaired) electrons. The summed E-state index contributed by atoms with van der Waals surface area (Å²) in [4.78, 5) is 11.9. The van der Waals surface area contributed by atoms with Crippen LogP contribution in [-0.2, 0) is 9.53 Å². The van der Waals surface area contributed by atoms with E-state index in [0.29, 0.717) is 30.6 Å². The smallest absolute Gasteiger partial charge is 0.136 e. The van der Waals surface area contributed by atoms with Crippen LogP contribution in [-0.4, -0.2) is 19.5 Å². The molecule has 0 amide bonds. The maximum Gasteiger partial charge on any atom is 0.136 e. The number of carbonyl (C=O) groups excluding carboxylic acids is 1. The molecule has 1 aliphatic carbocycles. The summed E-state index contributed by atoms with van der Waals surface area (Å²) in [6, 6.07) is 0. The van der Waals surface area contributed by atoms with E-state index >= 15 is 0 Å². The Hall–Kier alpha value is -0.370. The van der Waals surface area contributed by atoms with Gasteiger partial charge in [0.05, 0.1) is 0 Å². The molecule has 88 valence electrons. The molecule has 1 saturated carbocycles. The van der Waals surface area contributed by atoms with Crippen LogP contribution in [0.4, 0.5) is 0 Å². The quantitative estimate of drug-likeness (QED) is 0.700. The number of carbonyl (C=O) groups is 1. The van der Waals surface area contributed by atoms with Crippen molar-refractivity contribution in [2.45, 2.75) is 46.0 Å². The van der Waals surface area contributed by atoms with Crippen LogP contribution in [0.3, 0.4) is 0 Å². The summed E-state index contributed by atoms with van der Waals surface area (Å²) in [5.74, 6) is 2.01. The van der Waals surface area contributed by atoms with Crippen molar-refractivity contribution in [3.63, 3.8) is 0 Å². The Morgan fingerprint density at radius 2 is 1.93 bits per heavy atom. The van der Waals surface area contributed by atoms with Gasteiger partial charge in [-0.2, -0.15) is 0 Å². The predicted octanol–water partition coefficient (Wildman–Crippen LogP) is 3.05. The zero-order chi connectivity index (χ0) is 11.3. The average molecular weight is 212 g/mol. The molecule has 0 aromatic rings. The lowest BCUT2D eigenvalue weighted by Gasteiger charge is -2.25. The first kappa shape index (κ1) is 12.7. The maximum atomic E-state index is 11.9. The molecule has 2 nitrogen and oxygen atoms in total. The molecule has 1 aliphatic rings. The third-order valence-electron chi connectivity index (χ3n) is 3.47. The molecule has 0 N–H and O–H groups in total. The van der Waals surface area contributed by atoms with Gasteiger partial charge in [0, 0.05) is 26.1 Å². The zero-order valence-electron chi connectivity index (χ0n) is 10.3. The molecular weight excluding hydrogens is 188 g/mol. The summed E-state index contributed by atoms with van der Waals surface area (Å²) in [6.45, 7) is 5.08. The molecule has 15 heavy (non-hydrogen) atoms. The van der Waals surface area contributed by atoms with Crippen LogP contribution in [0, 0.1) is 17.8 Å². The van der Waals surface area contributed by atoms with Gasteiger partial charge in [0.2, 0.25) is 0 Å². The van der Waals surface area contributed by atoms with Gasteiger partial charge in [0.15, 0.2) is 0 Å². The van der Waals surface area contributed by atoms with Crippen LogP contribution in [0.5, 0.6) is 0 Å². The Labute approximate surface area is 93.4 Å². The van der Waals surface area contributed by atoms with E-state index in [9.17, 15) is 4.79 Å². The summed E-state index contributed by atoms with van der Waals surface area (Å²) in [5.41, 5.74) is 0. The number of Topliss-reactive ketones (excluding diaryl/α,β-unsaturated/α-hetero) is 1. The lowest BCUT2D eigenvalue weighted by molar-refractivity contribution is -0.125. The molecule has 1 fully saturated rings. The molecule has 1 atom stereocenters. The summed E-state index contributed by atoms with van der Waals surface area (Å²) < 4.78 is 5.06. The minimum Gasteiger partial charge on any atom is -0.384 e. The van der Waals surface area contributed by atoms with Crippen molar-refractivity contribution < 1.29 is 9.53 Å². The summed E-state index contributed by atoms with van der Waals surface area (Å²) in [7, 11) is 1.70.